The molecule has 0 saturated carbocycles. The lowest BCUT2D eigenvalue weighted by Gasteiger charge is -2.41. The van der Waals surface area contributed by atoms with Crippen LogP contribution in [0.1, 0.15) is 45.4 Å². The number of carbonyl (C=O) groups excluding carboxylic acids is 1. The predicted molar refractivity (Wildman–Crippen MR) is 84.3 cm³/mol. The lowest BCUT2D eigenvalue weighted by atomic mass is 9.84. The van der Waals surface area contributed by atoms with E-state index in [-0.39, 0.29) is 5.54 Å². The molecule has 0 aliphatic heterocycles. The van der Waals surface area contributed by atoms with Crippen molar-refractivity contribution in [1.82, 2.24) is 4.90 Å². The van der Waals surface area contributed by atoms with Gasteiger partial charge in [0.25, 0.3) is 0 Å². The van der Waals surface area contributed by atoms with Crippen LogP contribution in [0.15, 0.2) is 12.1 Å². The van der Waals surface area contributed by atoms with Crippen LogP contribution >= 0.6 is 22.9 Å². The fraction of sp³-hybridized carbons (Fsp3) is 0.667. The molecule has 0 atom stereocenters. The quantitative estimate of drug-likeness (QED) is 0.708. The maximum absolute atomic E-state index is 12.8. The summed E-state index contributed by atoms with van der Waals surface area (Å²) < 4.78 is 0.754. The fourth-order valence-electron chi connectivity index (χ4n) is 2.87. The number of carbonyl (C=O) groups is 1. The zero-order valence-corrected chi connectivity index (χ0v) is 13.9. The van der Waals surface area contributed by atoms with Gasteiger partial charge in [-0.1, -0.05) is 39.3 Å². The third kappa shape index (κ3) is 3.59. The second-order valence-electron chi connectivity index (χ2n) is 4.72. The number of rotatable bonds is 8. The molecule has 0 aliphatic rings. The van der Waals surface area contributed by atoms with Crippen LogP contribution in [0.2, 0.25) is 4.34 Å². The van der Waals surface area contributed by atoms with E-state index in [0.717, 1.165) is 35.1 Å². The SMILES string of the molecule is CCN(CC)C(CC)(CC)C(=O)Cc1ccc(Cl)s1. The first-order valence-electron chi connectivity index (χ1n) is 7.06. The Balaban J connectivity index is 2.94. The summed E-state index contributed by atoms with van der Waals surface area (Å²) in [5.74, 6) is 0.319. The van der Waals surface area contributed by atoms with Crippen LogP contribution in [0.25, 0.3) is 0 Å². The van der Waals surface area contributed by atoms with Crippen molar-refractivity contribution in [2.24, 2.45) is 0 Å². The van der Waals surface area contributed by atoms with E-state index >= 15 is 0 Å². The van der Waals surface area contributed by atoms with Gasteiger partial charge >= 0.3 is 0 Å². The molecular formula is C15H24ClNOS. The molecule has 19 heavy (non-hydrogen) atoms. The van der Waals surface area contributed by atoms with E-state index in [9.17, 15) is 4.79 Å². The molecule has 0 fully saturated rings. The molecule has 1 rings (SSSR count). The zero-order chi connectivity index (χ0) is 14.5. The van der Waals surface area contributed by atoms with Gasteiger partial charge in [0, 0.05) is 11.3 Å². The second-order valence-corrected chi connectivity index (χ2v) is 6.52. The maximum atomic E-state index is 12.8. The van der Waals surface area contributed by atoms with Crippen LogP contribution in [-0.2, 0) is 11.2 Å². The van der Waals surface area contributed by atoms with E-state index in [1.807, 2.05) is 12.1 Å². The van der Waals surface area contributed by atoms with E-state index < -0.39 is 0 Å². The van der Waals surface area contributed by atoms with Gasteiger partial charge in [-0.15, -0.1) is 11.3 Å². The Morgan fingerprint density at radius 3 is 2.16 bits per heavy atom. The molecule has 4 heteroatoms. The van der Waals surface area contributed by atoms with E-state index in [1.54, 1.807) is 0 Å². The van der Waals surface area contributed by atoms with Gasteiger partial charge in [0.2, 0.25) is 0 Å². The summed E-state index contributed by atoms with van der Waals surface area (Å²) in [6, 6.07) is 3.83. The van der Waals surface area contributed by atoms with E-state index in [4.69, 9.17) is 11.6 Å². The number of halogens is 1. The van der Waals surface area contributed by atoms with Gasteiger partial charge in [0.1, 0.15) is 0 Å². The molecule has 0 N–H and O–H groups in total. The Kier molecular flexibility index (Phi) is 6.51. The molecular weight excluding hydrogens is 278 g/mol. The minimum absolute atomic E-state index is 0.319. The molecule has 1 heterocycles. The van der Waals surface area contributed by atoms with E-state index in [1.165, 1.54) is 11.3 Å². The number of nitrogens with zero attached hydrogens (tertiary/aromatic N) is 1. The van der Waals surface area contributed by atoms with E-state index in [2.05, 4.69) is 32.6 Å². The minimum atomic E-state index is -0.319. The minimum Gasteiger partial charge on any atom is -0.297 e. The first-order valence-corrected chi connectivity index (χ1v) is 8.26. The smallest absolute Gasteiger partial charge is 0.158 e. The Labute approximate surface area is 125 Å². The molecule has 1 aromatic rings. The van der Waals surface area contributed by atoms with Crippen molar-refractivity contribution in [2.75, 3.05) is 13.1 Å². The van der Waals surface area contributed by atoms with Crippen LogP contribution in [0.4, 0.5) is 0 Å². The third-order valence-electron chi connectivity index (χ3n) is 4.02. The Bertz CT molecular complexity index is 408. The van der Waals surface area contributed by atoms with Crippen LogP contribution in [0.5, 0.6) is 0 Å². The van der Waals surface area contributed by atoms with Crippen molar-refractivity contribution in [3.8, 4) is 0 Å². The summed E-state index contributed by atoms with van der Waals surface area (Å²) in [4.78, 5) is 16.1. The molecule has 0 bridgehead atoms. The van der Waals surface area contributed by atoms with Crippen molar-refractivity contribution in [1.29, 1.82) is 0 Å². The highest BCUT2D eigenvalue weighted by Gasteiger charge is 2.38. The standard InChI is InChI=1S/C15H24ClNOS/c1-5-15(6-2,17(7-3)8-4)13(18)11-12-9-10-14(16)19-12/h9-10H,5-8,11H2,1-4H3. The summed E-state index contributed by atoms with van der Waals surface area (Å²) in [5.41, 5.74) is -0.319. The molecule has 0 aliphatic carbocycles. The number of likely N-dealkylation sites (N-methyl/N-ethyl adjacent to an activating group) is 1. The van der Waals surface area contributed by atoms with Crippen LogP contribution in [-0.4, -0.2) is 29.3 Å². The number of hydrogen-bond donors (Lipinski definition) is 0. The molecule has 2 nitrogen and oxygen atoms in total. The molecule has 0 amide bonds. The summed E-state index contributed by atoms with van der Waals surface area (Å²) >= 11 is 7.45. The molecule has 0 spiro atoms. The van der Waals surface area contributed by atoms with Crippen LogP contribution in [0, 0.1) is 0 Å². The Hall–Kier alpha value is -0.380. The van der Waals surface area contributed by atoms with E-state index in [0.29, 0.717) is 12.2 Å². The molecule has 0 radical (unpaired) electrons. The average Bonchev–Trinajstić information content (AvgIpc) is 2.81. The number of Topliss-reactive ketones (excluding diaryl/α,β-unsaturated/α-hetero) is 1. The number of thiophene rings is 1. The number of hydrogen-bond acceptors (Lipinski definition) is 3. The summed E-state index contributed by atoms with van der Waals surface area (Å²) in [5, 5.41) is 0. The van der Waals surface area contributed by atoms with Crippen molar-refractivity contribution in [2.45, 2.75) is 52.5 Å². The average molecular weight is 302 g/mol. The fourth-order valence-corrected chi connectivity index (χ4v) is 3.95. The Morgan fingerprint density at radius 1 is 1.21 bits per heavy atom. The molecule has 108 valence electrons. The highest BCUT2D eigenvalue weighted by atomic mass is 35.5. The topological polar surface area (TPSA) is 20.3 Å². The highest BCUT2D eigenvalue weighted by molar-refractivity contribution is 7.16. The van der Waals surface area contributed by atoms with Crippen LogP contribution < -0.4 is 0 Å². The van der Waals surface area contributed by atoms with Gasteiger partial charge in [-0.25, -0.2) is 0 Å². The van der Waals surface area contributed by atoms with Gasteiger partial charge in [0.15, 0.2) is 5.78 Å². The van der Waals surface area contributed by atoms with Crippen molar-refractivity contribution in [3.63, 3.8) is 0 Å². The lowest BCUT2D eigenvalue weighted by Crippen LogP contribution is -2.54. The maximum Gasteiger partial charge on any atom is 0.158 e. The van der Waals surface area contributed by atoms with Gasteiger partial charge in [-0.05, 0) is 38.1 Å². The second kappa shape index (κ2) is 7.41. The molecule has 0 saturated heterocycles. The van der Waals surface area contributed by atoms with Gasteiger partial charge in [0.05, 0.1) is 9.88 Å². The van der Waals surface area contributed by atoms with Gasteiger partial charge in [-0.2, -0.15) is 0 Å². The third-order valence-corrected chi connectivity index (χ3v) is 5.25. The Morgan fingerprint density at radius 2 is 1.79 bits per heavy atom. The first-order chi connectivity index (χ1) is 9.03. The largest absolute Gasteiger partial charge is 0.297 e. The molecule has 1 aromatic heterocycles. The van der Waals surface area contributed by atoms with Crippen LogP contribution in [0.3, 0.4) is 0 Å². The highest BCUT2D eigenvalue weighted by Crippen LogP contribution is 2.29. The number of ketones is 1. The summed E-state index contributed by atoms with van der Waals surface area (Å²) in [6.07, 6.45) is 2.22. The van der Waals surface area contributed by atoms with Crippen molar-refractivity contribution in [3.05, 3.63) is 21.3 Å². The summed E-state index contributed by atoms with van der Waals surface area (Å²) in [7, 11) is 0. The summed E-state index contributed by atoms with van der Waals surface area (Å²) in [6.45, 7) is 10.3. The molecule has 0 aromatic carbocycles. The zero-order valence-electron chi connectivity index (χ0n) is 12.3. The monoisotopic (exact) mass is 301 g/mol. The van der Waals surface area contributed by atoms with Gasteiger partial charge in [-0.3, -0.25) is 9.69 Å². The lowest BCUT2D eigenvalue weighted by molar-refractivity contribution is -0.131. The molecule has 0 unspecified atom stereocenters. The predicted octanol–water partition coefficient (Wildman–Crippen LogP) is 4.41. The normalized spacial score (nSPS) is 12.1. The van der Waals surface area contributed by atoms with Crippen molar-refractivity contribution < 1.29 is 4.79 Å². The van der Waals surface area contributed by atoms with Crippen molar-refractivity contribution >= 4 is 28.7 Å². The first kappa shape index (κ1) is 16.7. The van der Waals surface area contributed by atoms with Gasteiger partial charge < -0.3 is 0 Å².